The van der Waals surface area contributed by atoms with Gasteiger partial charge in [0.1, 0.15) is 23.8 Å². The summed E-state index contributed by atoms with van der Waals surface area (Å²) in [6, 6.07) is 19.7. The van der Waals surface area contributed by atoms with Crippen molar-refractivity contribution in [2.75, 3.05) is 104 Å². The molecule has 1 fully saturated rings. The second-order valence-electron chi connectivity index (χ2n) is 15.3. The van der Waals surface area contributed by atoms with E-state index in [1.54, 1.807) is 64.5 Å². The lowest BCUT2D eigenvalue weighted by molar-refractivity contribution is -0.392. The van der Waals surface area contributed by atoms with Gasteiger partial charge in [-0.2, -0.15) is 0 Å². The number of carbonyl (C=O) groups excluding carboxylic acids is 3. The van der Waals surface area contributed by atoms with E-state index in [2.05, 4.69) is 20.6 Å². The fourth-order valence-electron chi connectivity index (χ4n) is 7.37. The molecule has 3 aromatic heterocycles. The van der Waals surface area contributed by atoms with Gasteiger partial charge in [0.25, 0.3) is 29.0 Å². The molecular formula is C46H51N9O14. The minimum Gasteiger partial charge on any atom is -0.490 e. The highest BCUT2D eigenvalue weighted by Gasteiger charge is 2.32. The zero-order valence-corrected chi connectivity index (χ0v) is 37.5. The molecule has 23 heteroatoms. The highest BCUT2D eigenvalue weighted by Crippen LogP contribution is 2.37. The van der Waals surface area contributed by atoms with E-state index in [-0.39, 0.29) is 87.8 Å². The molecule has 0 saturated carbocycles. The zero-order chi connectivity index (χ0) is 48.4. The average molecular weight is 954 g/mol. The van der Waals surface area contributed by atoms with Crippen LogP contribution < -0.4 is 10.1 Å². The minimum absolute atomic E-state index is 0.119. The van der Waals surface area contributed by atoms with Crippen molar-refractivity contribution in [1.29, 1.82) is 0 Å². The number of furan rings is 1. The maximum atomic E-state index is 13.8. The van der Waals surface area contributed by atoms with Crippen LogP contribution in [-0.4, -0.2) is 156 Å². The summed E-state index contributed by atoms with van der Waals surface area (Å²) >= 11 is 0. The first kappa shape index (κ1) is 49.3. The van der Waals surface area contributed by atoms with Crippen LogP contribution in [0.2, 0.25) is 0 Å². The lowest BCUT2D eigenvalue weighted by Gasteiger charge is -2.34. The highest BCUT2D eigenvalue weighted by molar-refractivity contribution is 6.45. The van der Waals surface area contributed by atoms with E-state index in [9.17, 15) is 34.6 Å². The number of hydrogen-bond acceptors (Lipinski definition) is 17. The molecule has 0 aliphatic carbocycles. The van der Waals surface area contributed by atoms with Gasteiger partial charge in [-0.25, -0.2) is 4.68 Å². The Kier molecular flexibility index (Phi) is 17.9. The maximum absolute atomic E-state index is 13.8. The van der Waals surface area contributed by atoms with Crippen molar-refractivity contribution in [3.05, 3.63) is 129 Å². The smallest absolute Gasteiger partial charge is 0.299 e. The number of aromatic nitrogens is 4. The summed E-state index contributed by atoms with van der Waals surface area (Å²) in [5.74, 6) is -0.509. The molecule has 364 valence electrons. The van der Waals surface area contributed by atoms with Crippen LogP contribution in [0.25, 0.3) is 22.2 Å². The fourth-order valence-corrected chi connectivity index (χ4v) is 7.37. The van der Waals surface area contributed by atoms with Crippen molar-refractivity contribution in [3.63, 3.8) is 0 Å². The van der Waals surface area contributed by atoms with Crippen molar-refractivity contribution in [3.8, 4) is 17.1 Å². The number of benzene rings is 3. The quantitative estimate of drug-likeness (QED) is 0.0220. The molecule has 4 heterocycles. The second kappa shape index (κ2) is 25.0. The van der Waals surface area contributed by atoms with Crippen LogP contribution in [0.3, 0.4) is 0 Å². The van der Waals surface area contributed by atoms with Gasteiger partial charge in [0.15, 0.2) is 5.69 Å². The third-order valence-corrected chi connectivity index (χ3v) is 10.8. The van der Waals surface area contributed by atoms with Crippen LogP contribution in [0.15, 0.2) is 95.9 Å². The number of carbonyl (C=O) groups is 3. The van der Waals surface area contributed by atoms with E-state index in [1.807, 2.05) is 12.1 Å². The van der Waals surface area contributed by atoms with Gasteiger partial charge < -0.3 is 52.9 Å². The van der Waals surface area contributed by atoms with Crippen molar-refractivity contribution >= 4 is 45.6 Å². The number of hydrogen-bond donors (Lipinski definition) is 2. The molecule has 2 N–H and O–H groups in total. The standard InChI is InChI=1S/C46H51N9O14/c56-44(46(58)52-16-14-51(15-17-52)45(57)33-6-2-1-3-7-33)36-30-48-42-35(39-10-5-19-68-39)11-12-40(41(36)42)69-29-28-64-21-18-53-31-34(49-50-53)32-67-27-26-66-25-24-65-23-22-63-20-13-47-43-37(54(59)60)8-4-9-38(43)55(61)62/h1-12,19,30-31,47-48H,13-18,20-29,32H2. The number of Topliss-reactive ketones (excluding diaryl/α,β-unsaturated/α-hetero) is 1. The predicted octanol–water partition coefficient (Wildman–Crippen LogP) is 4.78. The van der Waals surface area contributed by atoms with E-state index in [4.69, 9.17) is 32.8 Å². The first-order chi connectivity index (χ1) is 33.7. The Hall–Kier alpha value is -7.57. The number of amides is 2. The number of para-hydroxylation sites is 1. The van der Waals surface area contributed by atoms with Crippen molar-refractivity contribution in [2.24, 2.45) is 0 Å². The number of nitrogens with zero attached hydrogens (tertiary/aromatic N) is 7. The first-order valence-electron chi connectivity index (χ1n) is 22.1. The van der Waals surface area contributed by atoms with Crippen LogP contribution in [0, 0.1) is 20.2 Å². The molecule has 69 heavy (non-hydrogen) atoms. The van der Waals surface area contributed by atoms with E-state index >= 15 is 0 Å². The number of fused-ring (bicyclic) bond motifs is 1. The van der Waals surface area contributed by atoms with Crippen LogP contribution >= 0.6 is 0 Å². The van der Waals surface area contributed by atoms with Crippen molar-refractivity contribution in [2.45, 2.75) is 13.2 Å². The van der Waals surface area contributed by atoms with Crippen LogP contribution in [0.1, 0.15) is 26.4 Å². The Morgan fingerprint density at radius 1 is 0.725 bits per heavy atom. The molecule has 0 radical (unpaired) electrons. The Labute approximate surface area is 394 Å². The predicted molar refractivity (Wildman–Crippen MR) is 246 cm³/mol. The van der Waals surface area contributed by atoms with Gasteiger partial charge in [-0.05, 0) is 42.5 Å². The van der Waals surface area contributed by atoms with Gasteiger partial charge in [-0.3, -0.25) is 34.6 Å². The topological polar surface area (TPSA) is 271 Å². The van der Waals surface area contributed by atoms with Crippen LogP contribution in [0.5, 0.6) is 5.75 Å². The van der Waals surface area contributed by atoms with Gasteiger partial charge in [0.05, 0.1) is 111 Å². The summed E-state index contributed by atoms with van der Waals surface area (Å²) in [7, 11) is 0. The summed E-state index contributed by atoms with van der Waals surface area (Å²) in [6.07, 6.45) is 4.82. The Bertz CT molecular complexity index is 2620. The molecule has 2 amide bonds. The zero-order valence-electron chi connectivity index (χ0n) is 37.5. The number of nitro benzene ring substituents is 2. The minimum atomic E-state index is -0.693. The van der Waals surface area contributed by atoms with Crippen LogP contribution in [-0.2, 0) is 41.6 Å². The Morgan fingerprint density at radius 3 is 2.06 bits per heavy atom. The molecule has 0 bridgehead atoms. The van der Waals surface area contributed by atoms with Crippen LogP contribution in [0.4, 0.5) is 17.1 Å². The monoisotopic (exact) mass is 953 g/mol. The molecule has 7 rings (SSSR count). The normalized spacial score (nSPS) is 12.6. The first-order valence-corrected chi connectivity index (χ1v) is 22.1. The number of nitro groups is 2. The SMILES string of the molecule is O=C(C(=O)N1CCN(C(=O)c2ccccc2)CC1)c1c[nH]c2c(-c3ccco3)ccc(OCCOCCn3cc(COCCOCCOCCOCCNc4c([N+](=O)[O-])cccc4[N+](=O)[O-])nn3)c12. The Balaban J connectivity index is 0.760. The lowest BCUT2D eigenvalue weighted by Crippen LogP contribution is -2.52. The fraction of sp³-hybridized carbons (Fsp3) is 0.370. The molecule has 1 saturated heterocycles. The number of anilines is 1. The van der Waals surface area contributed by atoms with E-state index < -0.39 is 21.5 Å². The van der Waals surface area contributed by atoms with E-state index in [0.29, 0.717) is 91.9 Å². The summed E-state index contributed by atoms with van der Waals surface area (Å²) in [5.41, 5.74) is 1.70. The summed E-state index contributed by atoms with van der Waals surface area (Å²) in [4.78, 5) is 67.8. The van der Waals surface area contributed by atoms with Gasteiger partial charge >= 0.3 is 0 Å². The van der Waals surface area contributed by atoms with Gasteiger partial charge in [0.2, 0.25) is 0 Å². The number of rotatable bonds is 28. The molecule has 6 aromatic rings. The van der Waals surface area contributed by atoms with Crippen molar-refractivity contribution in [1.82, 2.24) is 29.8 Å². The van der Waals surface area contributed by atoms with Crippen molar-refractivity contribution < 1.29 is 57.1 Å². The average Bonchev–Trinajstić information content (AvgIpc) is 4.18. The molecule has 0 spiro atoms. The molecule has 3 aromatic carbocycles. The third kappa shape index (κ3) is 13.3. The molecular weight excluding hydrogens is 903 g/mol. The number of nitrogens with one attached hydrogen (secondary N) is 2. The molecule has 0 unspecified atom stereocenters. The number of ketones is 1. The lowest BCUT2D eigenvalue weighted by atomic mass is 10.0. The highest BCUT2D eigenvalue weighted by atomic mass is 16.6. The summed E-state index contributed by atoms with van der Waals surface area (Å²) in [6.45, 7) is 4.58. The third-order valence-electron chi connectivity index (χ3n) is 10.8. The molecule has 23 nitrogen and oxygen atoms in total. The number of ether oxygens (including phenoxy) is 6. The van der Waals surface area contributed by atoms with E-state index in [1.165, 1.54) is 29.3 Å². The van der Waals surface area contributed by atoms with E-state index in [0.717, 1.165) is 0 Å². The molecule has 0 atom stereocenters. The second-order valence-corrected chi connectivity index (χ2v) is 15.3. The number of piperazine rings is 1. The van der Waals surface area contributed by atoms with Gasteiger partial charge in [-0.1, -0.05) is 23.4 Å². The molecule has 1 aliphatic rings. The summed E-state index contributed by atoms with van der Waals surface area (Å²) in [5, 5.41) is 33.9. The maximum Gasteiger partial charge on any atom is 0.299 e. The largest absolute Gasteiger partial charge is 0.490 e. The Morgan fingerprint density at radius 2 is 1.38 bits per heavy atom. The van der Waals surface area contributed by atoms with Gasteiger partial charge in [-0.15, -0.1) is 5.10 Å². The number of aromatic amines is 1. The summed E-state index contributed by atoms with van der Waals surface area (Å²) < 4.78 is 41.3. The number of H-pyrrole nitrogens is 1. The molecule has 1 aliphatic heterocycles. The van der Waals surface area contributed by atoms with Gasteiger partial charge in [0, 0.05) is 62.2 Å².